The molecular weight excluding hydrogens is 332 g/mol. The first-order valence-electron chi connectivity index (χ1n) is 8.34. The van der Waals surface area contributed by atoms with Crippen LogP contribution in [0.4, 0.5) is 0 Å². The lowest BCUT2D eigenvalue weighted by Crippen LogP contribution is -2.38. The largest absolute Gasteiger partial charge is 0.344 e. The highest BCUT2D eigenvalue weighted by atomic mass is 16.2. The molecule has 0 unspecified atom stereocenters. The minimum atomic E-state index is -0.283. The standard InChI is InChI=1S/C18H20N6O2/c1-11-14(10-20-17(21-11)13-6-8-19-9-7-13)12(2)22-18(26)15-4-5-16(25)24(3)23-15/h6-10,12H,4-5H2,1-3H3,(H,22,26)/t12-/m0/s1. The van der Waals surface area contributed by atoms with E-state index in [0.717, 1.165) is 16.8 Å². The number of pyridine rings is 1. The SMILES string of the molecule is Cc1nc(-c2ccncc2)ncc1[C@H](C)NC(=O)C1=NN(C)C(=O)CC1. The summed E-state index contributed by atoms with van der Waals surface area (Å²) in [7, 11) is 1.55. The predicted octanol–water partition coefficient (Wildman–Crippen LogP) is 1.63. The number of carbonyl (C=O) groups excluding carboxylic acids is 2. The molecule has 0 fully saturated rings. The summed E-state index contributed by atoms with van der Waals surface area (Å²) in [6, 6.07) is 3.41. The number of rotatable bonds is 4. The number of hydrogen-bond acceptors (Lipinski definition) is 6. The zero-order valence-electron chi connectivity index (χ0n) is 14.9. The van der Waals surface area contributed by atoms with Crippen LogP contribution in [0.3, 0.4) is 0 Å². The Kier molecular flexibility index (Phi) is 5.01. The molecule has 0 bridgehead atoms. The average Bonchev–Trinajstić information content (AvgIpc) is 2.64. The van der Waals surface area contributed by atoms with E-state index < -0.39 is 0 Å². The number of nitrogens with zero attached hydrogens (tertiary/aromatic N) is 5. The highest BCUT2D eigenvalue weighted by Crippen LogP contribution is 2.19. The maximum atomic E-state index is 12.4. The van der Waals surface area contributed by atoms with E-state index in [0.29, 0.717) is 24.4 Å². The Balaban J connectivity index is 1.74. The van der Waals surface area contributed by atoms with Crippen LogP contribution in [0, 0.1) is 6.92 Å². The van der Waals surface area contributed by atoms with Gasteiger partial charge < -0.3 is 5.32 Å². The van der Waals surface area contributed by atoms with Gasteiger partial charge in [0.05, 0.1) is 6.04 Å². The van der Waals surface area contributed by atoms with Crippen LogP contribution in [0.5, 0.6) is 0 Å². The normalized spacial score (nSPS) is 15.4. The van der Waals surface area contributed by atoms with Crippen LogP contribution >= 0.6 is 0 Å². The van der Waals surface area contributed by atoms with E-state index in [1.54, 1.807) is 25.6 Å². The molecule has 0 aromatic carbocycles. The van der Waals surface area contributed by atoms with Crippen LogP contribution in [0.1, 0.15) is 37.1 Å². The van der Waals surface area contributed by atoms with Crippen molar-refractivity contribution in [2.24, 2.45) is 5.10 Å². The van der Waals surface area contributed by atoms with Gasteiger partial charge in [0.1, 0.15) is 5.71 Å². The highest BCUT2D eigenvalue weighted by molar-refractivity contribution is 6.39. The number of aromatic nitrogens is 3. The summed E-state index contributed by atoms with van der Waals surface area (Å²) in [6.07, 6.45) is 5.74. The minimum Gasteiger partial charge on any atom is -0.344 e. The first kappa shape index (κ1) is 17.7. The Morgan fingerprint density at radius 3 is 2.65 bits per heavy atom. The van der Waals surface area contributed by atoms with Crippen molar-refractivity contribution in [3.8, 4) is 11.4 Å². The summed E-state index contributed by atoms with van der Waals surface area (Å²) in [5, 5.41) is 8.15. The Bertz CT molecular complexity index is 865. The second-order valence-electron chi connectivity index (χ2n) is 6.13. The molecular formula is C18H20N6O2. The van der Waals surface area contributed by atoms with E-state index in [9.17, 15) is 9.59 Å². The van der Waals surface area contributed by atoms with Crippen molar-refractivity contribution >= 4 is 17.5 Å². The molecule has 2 aromatic heterocycles. The molecule has 1 N–H and O–H groups in total. The van der Waals surface area contributed by atoms with Gasteiger partial charge in [-0.05, 0) is 26.0 Å². The lowest BCUT2D eigenvalue weighted by molar-refractivity contribution is -0.130. The molecule has 8 heteroatoms. The van der Waals surface area contributed by atoms with Gasteiger partial charge in [0.15, 0.2) is 5.82 Å². The second kappa shape index (κ2) is 7.38. The van der Waals surface area contributed by atoms with Gasteiger partial charge in [-0.3, -0.25) is 14.6 Å². The molecule has 0 saturated carbocycles. The van der Waals surface area contributed by atoms with Crippen molar-refractivity contribution in [1.82, 2.24) is 25.3 Å². The van der Waals surface area contributed by atoms with Crippen LogP contribution in [-0.4, -0.2) is 44.5 Å². The van der Waals surface area contributed by atoms with Crippen LogP contribution in [0.15, 0.2) is 35.8 Å². The maximum absolute atomic E-state index is 12.4. The van der Waals surface area contributed by atoms with E-state index in [1.807, 2.05) is 26.0 Å². The monoisotopic (exact) mass is 352 g/mol. The molecule has 0 aliphatic carbocycles. The summed E-state index contributed by atoms with van der Waals surface area (Å²) >= 11 is 0. The van der Waals surface area contributed by atoms with Crippen molar-refractivity contribution in [3.63, 3.8) is 0 Å². The topological polar surface area (TPSA) is 100 Å². The van der Waals surface area contributed by atoms with Crippen LogP contribution in [-0.2, 0) is 9.59 Å². The molecule has 1 atom stereocenters. The van der Waals surface area contributed by atoms with Gasteiger partial charge >= 0.3 is 0 Å². The van der Waals surface area contributed by atoms with E-state index in [-0.39, 0.29) is 17.9 Å². The van der Waals surface area contributed by atoms with E-state index in [1.165, 1.54) is 5.01 Å². The molecule has 1 aliphatic rings. The van der Waals surface area contributed by atoms with Gasteiger partial charge in [0.2, 0.25) is 5.91 Å². The fourth-order valence-corrected chi connectivity index (χ4v) is 2.73. The number of nitrogens with one attached hydrogen (secondary N) is 1. The first-order chi connectivity index (χ1) is 12.5. The third-order valence-corrected chi connectivity index (χ3v) is 4.24. The number of carbonyl (C=O) groups is 2. The molecule has 3 heterocycles. The highest BCUT2D eigenvalue weighted by Gasteiger charge is 2.23. The van der Waals surface area contributed by atoms with E-state index in [2.05, 4.69) is 25.4 Å². The number of aryl methyl sites for hydroxylation is 1. The molecule has 0 radical (unpaired) electrons. The zero-order chi connectivity index (χ0) is 18.7. The smallest absolute Gasteiger partial charge is 0.267 e. The summed E-state index contributed by atoms with van der Waals surface area (Å²) < 4.78 is 0. The van der Waals surface area contributed by atoms with Crippen LogP contribution in [0.2, 0.25) is 0 Å². The summed E-state index contributed by atoms with van der Waals surface area (Å²) in [4.78, 5) is 36.8. The van der Waals surface area contributed by atoms with Gasteiger partial charge in [-0.15, -0.1) is 0 Å². The molecule has 2 amide bonds. The minimum absolute atomic E-state index is 0.0921. The second-order valence-corrected chi connectivity index (χ2v) is 6.13. The predicted molar refractivity (Wildman–Crippen MR) is 96.0 cm³/mol. The van der Waals surface area contributed by atoms with Gasteiger partial charge in [-0.2, -0.15) is 5.10 Å². The summed E-state index contributed by atoms with van der Waals surface area (Å²) in [6.45, 7) is 3.75. The third-order valence-electron chi connectivity index (χ3n) is 4.24. The fourth-order valence-electron chi connectivity index (χ4n) is 2.73. The molecule has 0 saturated heterocycles. The molecule has 26 heavy (non-hydrogen) atoms. The molecule has 0 spiro atoms. The Labute approximate surface area is 151 Å². The van der Waals surface area contributed by atoms with E-state index in [4.69, 9.17) is 0 Å². The van der Waals surface area contributed by atoms with E-state index >= 15 is 0 Å². The van der Waals surface area contributed by atoms with Crippen molar-refractivity contribution in [1.29, 1.82) is 0 Å². The van der Waals surface area contributed by atoms with Gasteiger partial charge in [0, 0.05) is 55.3 Å². The summed E-state index contributed by atoms with van der Waals surface area (Å²) in [5.41, 5.74) is 2.86. The zero-order valence-corrected chi connectivity index (χ0v) is 14.9. The van der Waals surface area contributed by atoms with Crippen molar-refractivity contribution in [2.75, 3.05) is 7.05 Å². The van der Waals surface area contributed by atoms with Crippen LogP contribution in [0.25, 0.3) is 11.4 Å². The number of hydrazone groups is 1. The van der Waals surface area contributed by atoms with Gasteiger partial charge in [-0.1, -0.05) is 0 Å². The molecule has 1 aliphatic heterocycles. The molecule has 3 rings (SSSR count). The quantitative estimate of drug-likeness (QED) is 0.901. The number of amides is 2. The Hall–Kier alpha value is -3.16. The molecule has 8 nitrogen and oxygen atoms in total. The van der Waals surface area contributed by atoms with Crippen molar-refractivity contribution in [3.05, 3.63) is 42.0 Å². The van der Waals surface area contributed by atoms with Gasteiger partial charge in [0.25, 0.3) is 5.91 Å². The lowest BCUT2D eigenvalue weighted by atomic mass is 10.1. The lowest BCUT2D eigenvalue weighted by Gasteiger charge is -2.21. The number of hydrogen-bond donors (Lipinski definition) is 1. The Morgan fingerprint density at radius 2 is 2.00 bits per heavy atom. The summed E-state index contributed by atoms with van der Waals surface area (Å²) in [5.74, 6) is 0.240. The van der Waals surface area contributed by atoms with Gasteiger partial charge in [-0.25, -0.2) is 15.0 Å². The fraction of sp³-hybridized carbons (Fsp3) is 0.333. The van der Waals surface area contributed by atoms with Crippen LogP contribution < -0.4 is 5.32 Å². The Morgan fingerprint density at radius 1 is 1.27 bits per heavy atom. The van der Waals surface area contributed by atoms with Crippen molar-refractivity contribution in [2.45, 2.75) is 32.7 Å². The van der Waals surface area contributed by atoms with Crippen molar-refractivity contribution < 1.29 is 9.59 Å². The molecule has 2 aromatic rings. The average molecular weight is 352 g/mol. The molecule has 134 valence electrons. The maximum Gasteiger partial charge on any atom is 0.267 e. The third kappa shape index (κ3) is 3.74. The first-order valence-corrected chi connectivity index (χ1v) is 8.34.